The third-order valence-corrected chi connectivity index (χ3v) is 12.8. The average Bonchev–Trinajstić information content (AvgIpc) is 3.08. The van der Waals surface area contributed by atoms with Gasteiger partial charge in [0, 0.05) is 26.2 Å². The van der Waals surface area contributed by atoms with Crippen LogP contribution in [0.5, 0.6) is 0 Å². The molecule has 49 heavy (non-hydrogen) atoms. The van der Waals surface area contributed by atoms with Gasteiger partial charge in [0.15, 0.2) is 0 Å². The van der Waals surface area contributed by atoms with Crippen LogP contribution in [0.3, 0.4) is 0 Å². The molecule has 0 aromatic heterocycles. The fourth-order valence-electron chi connectivity index (χ4n) is 5.18. The smallest absolute Gasteiger partial charge is 0.207 e. The van der Waals surface area contributed by atoms with Gasteiger partial charge in [-0.15, -0.1) is 0 Å². The van der Waals surface area contributed by atoms with E-state index in [0.29, 0.717) is 22.3 Å². The van der Waals surface area contributed by atoms with Gasteiger partial charge in [-0.25, -0.2) is 34.7 Å². The Hall–Kier alpha value is -4.17. The van der Waals surface area contributed by atoms with E-state index in [-0.39, 0.29) is 40.9 Å². The zero-order valence-corrected chi connectivity index (χ0v) is 29.9. The van der Waals surface area contributed by atoms with Crippen molar-refractivity contribution in [3.8, 4) is 0 Å². The Morgan fingerprint density at radius 1 is 0.429 bits per heavy atom. The van der Waals surface area contributed by atoms with Crippen molar-refractivity contribution in [1.82, 2.24) is 13.7 Å². The first-order chi connectivity index (χ1) is 23.2. The molecule has 0 aliphatic carbocycles. The van der Waals surface area contributed by atoms with Gasteiger partial charge in [-0.05, 0) is 79.4 Å². The molecule has 9 nitrogen and oxygen atoms in total. The molecule has 0 aliphatic heterocycles. The molecule has 2 N–H and O–H groups in total. The van der Waals surface area contributed by atoms with Gasteiger partial charge in [0.2, 0.25) is 30.1 Å². The fourth-order valence-corrected chi connectivity index (χ4v) is 8.59. The van der Waals surface area contributed by atoms with Crippen LogP contribution in [0.15, 0.2) is 136 Å². The second-order valence-corrected chi connectivity index (χ2v) is 17.4. The van der Waals surface area contributed by atoms with E-state index < -0.39 is 30.1 Å². The maximum absolute atomic E-state index is 14.2. The summed E-state index contributed by atoms with van der Waals surface area (Å²) < 4.78 is 87.4. The van der Waals surface area contributed by atoms with Crippen LogP contribution < -0.4 is 9.44 Å². The number of nitrogens with one attached hydrogen (secondary N) is 2. The third-order valence-electron chi connectivity index (χ3n) is 8.16. The summed E-state index contributed by atoms with van der Waals surface area (Å²) in [5, 5.41) is 0. The topological polar surface area (TPSA) is 130 Å². The van der Waals surface area contributed by atoms with E-state index in [0.717, 1.165) is 16.7 Å². The highest BCUT2D eigenvalue weighted by atomic mass is 32.2. The molecule has 0 saturated carbocycles. The van der Waals surface area contributed by atoms with E-state index >= 15 is 0 Å². The van der Waals surface area contributed by atoms with Gasteiger partial charge in [-0.1, -0.05) is 102 Å². The Labute approximate surface area is 289 Å². The van der Waals surface area contributed by atoms with Gasteiger partial charge in [0.05, 0.1) is 14.7 Å². The maximum Gasteiger partial charge on any atom is 0.243 e. The minimum Gasteiger partial charge on any atom is -0.207 e. The van der Waals surface area contributed by atoms with Crippen molar-refractivity contribution >= 4 is 30.1 Å². The van der Waals surface area contributed by atoms with Gasteiger partial charge in [0.1, 0.15) is 0 Å². The van der Waals surface area contributed by atoms with Gasteiger partial charge >= 0.3 is 0 Å². The maximum atomic E-state index is 14.2. The lowest BCUT2D eigenvalue weighted by atomic mass is 10.1. The van der Waals surface area contributed by atoms with Crippen molar-refractivity contribution in [2.24, 2.45) is 0 Å². The minimum atomic E-state index is -4.07. The molecule has 0 radical (unpaired) electrons. The molecule has 0 unspecified atom stereocenters. The first-order valence-electron chi connectivity index (χ1n) is 15.6. The van der Waals surface area contributed by atoms with E-state index in [1.54, 1.807) is 97.1 Å². The van der Waals surface area contributed by atoms with Crippen molar-refractivity contribution in [2.75, 3.05) is 0 Å². The predicted molar refractivity (Wildman–Crippen MR) is 191 cm³/mol. The highest BCUT2D eigenvalue weighted by Gasteiger charge is 2.27. The van der Waals surface area contributed by atoms with Gasteiger partial charge in [0.25, 0.3) is 0 Å². The molecule has 5 rings (SSSR count). The first-order valence-corrected chi connectivity index (χ1v) is 20.0. The average molecular weight is 718 g/mol. The lowest BCUT2D eigenvalue weighted by Crippen LogP contribution is -2.32. The Morgan fingerprint density at radius 3 is 1.08 bits per heavy atom. The van der Waals surface area contributed by atoms with E-state index in [2.05, 4.69) is 9.44 Å². The molecular weight excluding hydrogens is 679 g/mol. The summed E-state index contributed by atoms with van der Waals surface area (Å²) in [4.78, 5) is 0.371. The second kappa shape index (κ2) is 15.2. The van der Waals surface area contributed by atoms with Crippen molar-refractivity contribution < 1.29 is 25.3 Å². The zero-order chi connectivity index (χ0) is 35.2. The second-order valence-electron chi connectivity index (χ2n) is 11.9. The molecule has 0 aliphatic rings. The normalized spacial score (nSPS) is 12.3. The molecule has 256 valence electrons. The third kappa shape index (κ3) is 9.09. The van der Waals surface area contributed by atoms with E-state index in [1.807, 2.05) is 20.8 Å². The minimum absolute atomic E-state index is 0.0534. The van der Waals surface area contributed by atoms with Crippen molar-refractivity contribution in [1.29, 1.82) is 0 Å². The van der Waals surface area contributed by atoms with Gasteiger partial charge < -0.3 is 0 Å². The molecule has 0 heterocycles. The summed E-state index contributed by atoms with van der Waals surface area (Å²) in [5.74, 6) is 0. The lowest BCUT2D eigenvalue weighted by molar-refractivity contribution is 0.398. The Morgan fingerprint density at radius 2 is 0.735 bits per heavy atom. The lowest BCUT2D eigenvalue weighted by Gasteiger charge is -2.25. The van der Waals surface area contributed by atoms with Crippen molar-refractivity contribution in [3.63, 3.8) is 0 Å². The first kappa shape index (κ1) is 36.1. The monoisotopic (exact) mass is 717 g/mol. The Bertz CT molecular complexity index is 2110. The molecule has 0 fully saturated rings. The van der Waals surface area contributed by atoms with E-state index in [9.17, 15) is 25.3 Å². The SMILES string of the molecule is Cc1ccc(S(=O)(=O)NCc2ccccc2CN(Cc2ccccc2CNS(=O)(=O)c2ccc(C)cc2)S(=O)(=O)c2ccc(C)cc2)cc1. The number of hydrogen-bond donors (Lipinski definition) is 2. The number of nitrogens with zero attached hydrogens (tertiary/aromatic N) is 1. The Kier molecular flexibility index (Phi) is 11.2. The number of aryl methyl sites for hydroxylation is 3. The van der Waals surface area contributed by atoms with Crippen LogP contribution in [0.1, 0.15) is 38.9 Å². The summed E-state index contributed by atoms with van der Waals surface area (Å²) in [6.07, 6.45) is 0. The molecule has 0 bridgehead atoms. The molecule has 0 atom stereocenters. The summed E-state index contributed by atoms with van der Waals surface area (Å²) in [7, 11) is -11.7. The largest absolute Gasteiger partial charge is 0.243 e. The highest BCUT2D eigenvalue weighted by molar-refractivity contribution is 7.90. The van der Waals surface area contributed by atoms with E-state index in [1.165, 1.54) is 28.6 Å². The fraction of sp³-hybridized carbons (Fsp3) is 0.189. The molecule has 0 amide bonds. The quantitative estimate of drug-likeness (QED) is 0.146. The van der Waals surface area contributed by atoms with E-state index in [4.69, 9.17) is 0 Å². The summed E-state index contributed by atoms with van der Waals surface area (Å²) in [6, 6.07) is 33.8. The number of sulfonamides is 3. The van der Waals surface area contributed by atoms with Crippen LogP contribution in [0.25, 0.3) is 0 Å². The van der Waals surface area contributed by atoms with Gasteiger partial charge in [-0.2, -0.15) is 4.31 Å². The number of hydrogen-bond acceptors (Lipinski definition) is 6. The van der Waals surface area contributed by atoms with Crippen LogP contribution in [0, 0.1) is 20.8 Å². The van der Waals surface area contributed by atoms with Crippen LogP contribution in [0.4, 0.5) is 0 Å². The summed E-state index contributed by atoms with van der Waals surface area (Å²) in [6.45, 7) is 5.38. The van der Waals surface area contributed by atoms with Gasteiger partial charge in [-0.3, -0.25) is 0 Å². The van der Waals surface area contributed by atoms with Crippen molar-refractivity contribution in [3.05, 3.63) is 160 Å². The highest BCUT2D eigenvalue weighted by Crippen LogP contribution is 2.25. The number of rotatable bonds is 14. The van der Waals surface area contributed by atoms with Crippen LogP contribution in [-0.4, -0.2) is 29.6 Å². The molecule has 0 saturated heterocycles. The molecule has 12 heteroatoms. The summed E-state index contributed by atoms with van der Waals surface area (Å²) >= 11 is 0. The molecule has 5 aromatic rings. The summed E-state index contributed by atoms with van der Waals surface area (Å²) in [5.41, 5.74) is 5.23. The standard InChI is InChI=1S/C37H39N3O6S3/c1-28-12-18-35(19-13-28)47(41,42)38-24-31-8-4-6-10-33(31)26-40(49(45,46)37-22-16-30(3)17-23-37)27-34-11-7-5-9-32(34)25-39-48(43,44)36-20-14-29(2)15-21-36/h4-23,38-39H,24-27H2,1-3H3. The van der Waals surface area contributed by atoms with Crippen LogP contribution in [0.2, 0.25) is 0 Å². The predicted octanol–water partition coefficient (Wildman–Crippen LogP) is 5.96. The molecule has 5 aromatic carbocycles. The van der Waals surface area contributed by atoms with Crippen LogP contribution >= 0.6 is 0 Å². The Balaban J connectivity index is 1.44. The van der Waals surface area contributed by atoms with Crippen molar-refractivity contribution in [2.45, 2.75) is 61.6 Å². The molecule has 0 spiro atoms. The zero-order valence-electron chi connectivity index (χ0n) is 27.5. The number of benzene rings is 5. The molecular formula is C37H39N3O6S3. The van der Waals surface area contributed by atoms with Crippen LogP contribution in [-0.2, 0) is 56.2 Å².